The lowest BCUT2D eigenvalue weighted by molar-refractivity contribution is 0.366. The fourth-order valence-electron chi connectivity index (χ4n) is 3.02. The van der Waals surface area contributed by atoms with Crippen molar-refractivity contribution in [2.24, 2.45) is 5.92 Å². The first-order valence-electron chi connectivity index (χ1n) is 5.73. The van der Waals surface area contributed by atoms with Gasteiger partial charge in [0.1, 0.15) is 11.2 Å². The molecule has 0 radical (unpaired) electrons. The Balaban J connectivity index is 1.93. The topological polar surface area (TPSA) is 50.5 Å². The van der Waals surface area contributed by atoms with Gasteiger partial charge in [-0.05, 0) is 31.2 Å². The molecule has 4 nitrogen and oxygen atoms in total. The van der Waals surface area contributed by atoms with Crippen LogP contribution in [0.3, 0.4) is 0 Å². The fourth-order valence-corrected chi connectivity index (χ4v) is 4.68. The second kappa shape index (κ2) is 3.60. The normalized spacial score (nSPS) is 30.8. The van der Waals surface area contributed by atoms with E-state index in [0.717, 1.165) is 19.3 Å². The van der Waals surface area contributed by atoms with Crippen molar-refractivity contribution in [3.63, 3.8) is 0 Å². The number of hydrogen-bond acceptors (Lipinski definition) is 3. The molecule has 1 aromatic rings. The van der Waals surface area contributed by atoms with Crippen LogP contribution in [0, 0.1) is 5.92 Å². The first-order valence-corrected chi connectivity index (χ1v) is 7.17. The van der Waals surface area contributed by atoms with Crippen LogP contribution in [-0.2, 0) is 10.0 Å². The second-order valence-corrected chi connectivity index (χ2v) is 6.51. The van der Waals surface area contributed by atoms with E-state index in [0.29, 0.717) is 17.4 Å². The standard InChI is InChI=1S/C11H15NO3S/c13-16(14,10-5-7-15-8-10)12-6-4-9-2-1-3-11(9)12/h5,7-9,11H,1-4,6H2. The predicted octanol–water partition coefficient (Wildman–Crippen LogP) is 1.84. The predicted molar refractivity (Wildman–Crippen MR) is 58.3 cm³/mol. The van der Waals surface area contributed by atoms with Crippen molar-refractivity contribution in [2.45, 2.75) is 36.6 Å². The highest BCUT2D eigenvalue weighted by atomic mass is 32.2. The highest BCUT2D eigenvalue weighted by Gasteiger charge is 2.43. The zero-order valence-corrected chi connectivity index (χ0v) is 9.82. The minimum Gasteiger partial charge on any atom is -0.471 e. The number of sulfonamides is 1. The summed E-state index contributed by atoms with van der Waals surface area (Å²) >= 11 is 0. The molecule has 2 unspecified atom stereocenters. The number of furan rings is 1. The molecule has 5 heteroatoms. The highest BCUT2D eigenvalue weighted by molar-refractivity contribution is 7.89. The summed E-state index contributed by atoms with van der Waals surface area (Å²) in [4.78, 5) is 0.292. The van der Waals surface area contributed by atoms with E-state index in [2.05, 4.69) is 0 Å². The Bertz CT molecular complexity index is 465. The molecule has 1 aromatic heterocycles. The molecule has 0 spiro atoms. The fraction of sp³-hybridized carbons (Fsp3) is 0.636. The summed E-state index contributed by atoms with van der Waals surface area (Å²) in [7, 11) is -3.31. The van der Waals surface area contributed by atoms with E-state index in [9.17, 15) is 8.42 Å². The van der Waals surface area contributed by atoms with Crippen LogP contribution in [0.5, 0.6) is 0 Å². The van der Waals surface area contributed by atoms with Gasteiger partial charge in [0, 0.05) is 12.6 Å². The summed E-state index contributed by atoms with van der Waals surface area (Å²) in [6.45, 7) is 0.669. The Hall–Kier alpha value is -0.810. The van der Waals surface area contributed by atoms with Crippen LogP contribution in [0.2, 0.25) is 0 Å². The van der Waals surface area contributed by atoms with E-state index in [1.54, 1.807) is 4.31 Å². The van der Waals surface area contributed by atoms with Crippen molar-refractivity contribution in [1.29, 1.82) is 0 Å². The Labute approximate surface area is 95.3 Å². The van der Waals surface area contributed by atoms with Crippen LogP contribution in [0.15, 0.2) is 27.9 Å². The van der Waals surface area contributed by atoms with E-state index >= 15 is 0 Å². The van der Waals surface area contributed by atoms with Crippen LogP contribution < -0.4 is 0 Å². The van der Waals surface area contributed by atoms with E-state index in [1.165, 1.54) is 25.0 Å². The number of nitrogens with zero attached hydrogens (tertiary/aromatic N) is 1. The molecule has 1 saturated heterocycles. The smallest absolute Gasteiger partial charge is 0.246 e. The van der Waals surface area contributed by atoms with E-state index < -0.39 is 10.0 Å². The maximum Gasteiger partial charge on any atom is 0.246 e. The third-order valence-electron chi connectivity index (χ3n) is 3.81. The van der Waals surface area contributed by atoms with Crippen molar-refractivity contribution in [1.82, 2.24) is 4.31 Å². The zero-order valence-electron chi connectivity index (χ0n) is 9.00. The molecule has 0 bridgehead atoms. The van der Waals surface area contributed by atoms with Crippen molar-refractivity contribution < 1.29 is 12.8 Å². The van der Waals surface area contributed by atoms with Crippen molar-refractivity contribution in [2.75, 3.05) is 6.54 Å². The summed E-state index contributed by atoms with van der Waals surface area (Å²) in [5.74, 6) is 0.585. The molecular weight excluding hydrogens is 226 g/mol. The molecule has 2 heterocycles. The molecule has 88 valence electrons. The molecule has 1 aliphatic heterocycles. The lowest BCUT2D eigenvalue weighted by Gasteiger charge is -2.22. The van der Waals surface area contributed by atoms with Crippen LogP contribution in [-0.4, -0.2) is 25.3 Å². The lowest BCUT2D eigenvalue weighted by atomic mass is 10.1. The summed E-state index contributed by atoms with van der Waals surface area (Å²) in [5, 5.41) is 0. The molecule has 2 aliphatic rings. The Morgan fingerprint density at radius 3 is 2.94 bits per heavy atom. The van der Waals surface area contributed by atoms with Gasteiger partial charge in [-0.25, -0.2) is 8.42 Å². The highest BCUT2D eigenvalue weighted by Crippen LogP contribution is 2.40. The van der Waals surface area contributed by atoms with Gasteiger partial charge in [0.25, 0.3) is 0 Å². The van der Waals surface area contributed by atoms with Gasteiger partial charge in [0.2, 0.25) is 10.0 Å². The van der Waals surface area contributed by atoms with E-state index in [-0.39, 0.29) is 6.04 Å². The zero-order chi connectivity index (χ0) is 11.2. The first kappa shape index (κ1) is 10.4. The quantitative estimate of drug-likeness (QED) is 0.794. The summed E-state index contributed by atoms with van der Waals surface area (Å²) in [6.07, 6.45) is 7.10. The van der Waals surface area contributed by atoms with E-state index in [1.807, 2.05) is 0 Å². The van der Waals surface area contributed by atoms with Gasteiger partial charge in [-0.1, -0.05) is 6.42 Å². The van der Waals surface area contributed by atoms with Gasteiger partial charge >= 0.3 is 0 Å². The molecule has 0 aromatic carbocycles. The molecule has 2 atom stereocenters. The Morgan fingerprint density at radius 2 is 2.19 bits per heavy atom. The molecule has 1 aliphatic carbocycles. The van der Waals surface area contributed by atoms with Crippen LogP contribution >= 0.6 is 0 Å². The van der Waals surface area contributed by atoms with E-state index in [4.69, 9.17) is 4.42 Å². The van der Waals surface area contributed by atoms with Gasteiger partial charge in [-0.3, -0.25) is 0 Å². The van der Waals surface area contributed by atoms with Gasteiger partial charge in [-0.2, -0.15) is 4.31 Å². The average molecular weight is 241 g/mol. The van der Waals surface area contributed by atoms with Gasteiger partial charge in [0.15, 0.2) is 0 Å². The maximum absolute atomic E-state index is 12.3. The van der Waals surface area contributed by atoms with Crippen molar-refractivity contribution in [3.8, 4) is 0 Å². The monoisotopic (exact) mass is 241 g/mol. The molecule has 0 amide bonds. The second-order valence-electron chi connectivity index (χ2n) is 4.62. The molecule has 2 fully saturated rings. The van der Waals surface area contributed by atoms with Gasteiger partial charge < -0.3 is 4.42 Å². The Kier molecular flexibility index (Phi) is 2.33. The average Bonchev–Trinajstić information content (AvgIpc) is 2.95. The summed E-state index contributed by atoms with van der Waals surface area (Å²) < 4.78 is 31.2. The van der Waals surface area contributed by atoms with Crippen LogP contribution in [0.1, 0.15) is 25.7 Å². The summed E-state index contributed by atoms with van der Waals surface area (Å²) in [6, 6.07) is 1.76. The number of hydrogen-bond donors (Lipinski definition) is 0. The van der Waals surface area contributed by atoms with Gasteiger partial charge in [0.05, 0.1) is 6.26 Å². The molecular formula is C11H15NO3S. The summed E-state index contributed by atoms with van der Waals surface area (Å²) in [5.41, 5.74) is 0. The molecule has 3 rings (SSSR count). The molecule has 16 heavy (non-hydrogen) atoms. The third kappa shape index (κ3) is 1.42. The SMILES string of the molecule is O=S(=O)(c1ccoc1)N1CCC2CCCC21. The van der Waals surface area contributed by atoms with Crippen LogP contribution in [0.25, 0.3) is 0 Å². The van der Waals surface area contributed by atoms with Crippen molar-refractivity contribution in [3.05, 3.63) is 18.6 Å². The third-order valence-corrected chi connectivity index (χ3v) is 5.71. The molecule has 1 saturated carbocycles. The number of fused-ring (bicyclic) bond motifs is 1. The van der Waals surface area contributed by atoms with Gasteiger partial charge in [-0.15, -0.1) is 0 Å². The minimum atomic E-state index is -3.31. The minimum absolute atomic E-state index is 0.236. The van der Waals surface area contributed by atoms with Crippen molar-refractivity contribution >= 4 is 10.0 Å². The molecule has 0 N–H and O–H groups in total. The lowest BCUT2D eigenvalue weighted by Crippen LogP contribution is -2.35. The largest absolute Gasteiger partial charge is 0.471 e. The Morgan fingerprint density at radius 1 is 1.31 bits per heavy atom. The number of rotatable bonds is 2. The first-order chi connectivity index (χ1) is 7.69. The maximum atomic E-state index is 12.3. The van der Waals surface area contributed by atoms with Crippen LogP contribution in [0.4, 0.5) is 0 Å².